The summed E-state index contributed by atoms with van der Waals surface area (Å²) < 4.78 is 29.1. The molecule has 0 aliphatic rings. The molecule has 0 aromatic heterocycles. The first-order valence-corrected chi connectivity index (χ1v) is 16.5. The van der Waals surface area contributed by atoms with E-state index in [0.29, 0.717) is 17.3 Å². The topological polar surface area (TPSA) is 86.8 Å². The SMILES string of the molecule is CCCCNC(=O)C(Cc1ccccc1)N(Cc1ccc(Cl)cc1)C(=O)CN(c1ccc(C)cc1)S(=O)(=O)c1ccccc1. The van der Waals surface area contributed by atoms with Gasteiger partial charge in [-0.25, -0.2) is 8.42 Å². The van der Waals surface area contributed by atoms with Gasteiger partial charge in [0.1, 0.15) is 12.6 Å². The number of rotatable bonds is 14. The summed E-state index contributed by atoms with van der Waals surface area (Å²) in [5.41, 5.74) is 2.94. The molecule has 1 atom stereocenters. The second-order valence-electron chi connectivity index (χ2n) is 10.7. The van der Waals surface area contributed by atoms with Gasteiger partial charge in [-0.3, -0.25) is 13.9 Å². The van der Waals surface area contributed by atoms with Crippen molar-refractivity contribution < 1.29 is 18.0 Å². The number of nitrogens with zero attached hydrogens (tertiary/aromatic N) is 2. The van der Waals surface area contributed by atoms with Gasteiger partial charge in [-0.15, -0.1) is 0 Å². The molecule has 1 unspecified atom stereocenters. The highest BCUT2D eigenvalue weighted by Crippen LogP contribution is 2.25. The highest BCUT2D eigenvalue weighted by Gasteiger charge is 2.34. The van der Waals surface area contributed by atoms with Crippen molar-refractivity contribution in [1.82, 2.24) is 10.2 Å². The molecule has 4 aromatic carbocycles. The summed E-state index contributed by atoms with van der Waals surface area (Å²) in [4.78, 5) is 29.7. The number of hydrogen-bond donors (Lipinski definition) is 1. The summed E-state index contributed by atoms with van der Waals surface area (Å²) in [6.07, 6.45) is 1.96. The molecule has 0 spiro atoms. The van der Waals surface area contributed by atoms with Crippen molar-refractivity contribution in [3.63, 3.8) is 0 Å². The lowest BCUT2D eigenvalue weighted by Gasteiger charge is -2.34. The molecular weight excluding hydrogens is 594 g/mol. The van der Waals surface area contributed by atoms with Crippen LogP contribution in [-0.4, -0.2) is 44.3 Å². The number of carbonyl (C=O) groups excluding carboxylic acids is 2. The Labute approximate surface area is 265 Å². The van der Waals surface area contributed by atoms with Crippen LogP contribution in [0.3, 0.4) is 0 Å². The van der Waals surface area contributed by atoms with Gasteiger partial charge in [-0.1, -0.05) is 103 Å². The average Bonchev–Trinajstić information content (AvgIpc) is 3.03. The molecule has 44 heavy (non-hydrogen) atoms. The second-order valence-corrected chi connectivity index (χ2v) is 13.0. The van der Waals surface area contributed by atoms with E-state index in [1.54, 1.807) is 66.7 Å². The predicted octanol–water partition coefficient (Wildman–Crippen LogP) is 6.40. The Morgan fingerprint density at radius 3 is 2.05 bits per heavy atom. The van der Waals surface area contributed by atoms with Crippen LogP contribution in [0.4, 0.5) is 5.69 Å². The zero-order valence-corrected chi connectivity index (χ0v) is 26.6. The van der Waals surface area contributed by atoms with Crippen LogP contribution in [0.25, 0.3) is 0 Å². The number of amides is 2. The number of carbonyl (C=O) groups is 2. The highest BCUT2D eigenvalue weighted by atomic mass is 35.5. The van der Waals surface area contributed by atoms with Gasteiger partial charge in [0.2, 0.25) is 11.8 Å². The van der Waals surface area contributed by atoms with E-state index in [0.717, 1.165) is 33.8 Å². The number of unbranched alkanes of at least 4 members (excludes halogenated alkanes) is 1. The number of nitrogens with one attached hydrogen (secondary N) is 1. The van der Waals surface area contributed by atoms with Crippen LogP contribution >= 0.6 is 11.6 Å². The van der Waals surface area contributed by atoms with Gasteiger partial charge in [0.05, 0.1) is 10.6 Å². The number of aryl methyl sites for hydroxylation is 1. The van der Waals surface area contributed by atoms with Crippen LogP contribution in [0.2, 0.25) is 5.02 Å². The fourth-order valence-corrected chi connectivity index (χ4v) is 6.37. The third kappa shape index (κ3) is 8.71. The number of hydrogen-bond acceptors (Lipinski definition) is 4. The molecule has 0 fully saturated rings. The third-order valence-corrected chi connectivity index (χ3v) is 9.34. The summed E-state index contributed by atoms with van der Waals surface area (Å²) >= 11 is 6.14. The van der Waals surface area contributed by atoms with Gasteiger partial charge in [-0.05, 0) is 60.9 Å². The van der Waals surface area contributed by atoms with E-state index in [1.165, 1.54) is 17.0 Å². The number of benzene rings is 4. The second kappa shape index (κ2) is 15.5. The normalized spacial score (nSPS) is 11.9. The summed E-state index contributed by atoms with van der Waals surface area (Å²) in [5, 5.41) is 3.54. The molecule has 0 bridgehead atoms. The molecular formula is C35H38ClN3O4S. The Kier molecular flexibility index (Phi) is 11.6. The molecule has 0 aliphatic heterocycles. The summed E-state index contributed by atoms with van der Waals surface area (Å²) in [6, 6.07) is 30.7. The minimum absolute atomic E-state index is 0.0655. The molecule has 230 valence electrons. The minimum Gasteiger partial charge on any atom is -0.354 e. The maximum absolute atomic E-state index is 14.4. The minimum atomic E-state index is -4.13. The summed E-state index contributed by atoms with van der Waals surface area (Å²) in [6.45, 7) is 4.01. The number of halogens is 1. The monoisotopic (exact) mass is 631 g/mol. The van der Waals surface area contributed by atoms with Crippen LogP contribution in [-0.2, 0) is 32.6 Å². The van der Waals surface area contributed by atoms with Gasteiger partial charge in [0, 0.05) is 24.5 Å². The van der Waals surface area contributed by atoms with Gasteiger partial charge < -0.3 is 10.2 Å². The molecule has 0 saturated heterocycles. The van der Waals surface area contributed by atoms with Gasteiger partial charge in [0.15, 0.2) is 0 Å². The maximum atomic E-state index is 14.4. The molecule has 1 N–H and O–H groups in total. The van der Waals surface area contributed by atoms with Crippen molar-refractivity contribution in [2.24, 2.45) is 0 Å². The fraction of sp³-hybridized carbons (Fsp3) is 0.257. The Hall–Kier alpha value is -4.14. The van der Waals surface area contributed by atoms with Crippen molar-refractivity contribution in [2.75, 3.05) is 17.4 Å². The van der Waals surface area contributed by atoms with Gasteiger partial charge in [-0.2, -0.15) is 0 Å². The number of sulfonamides is 1. The Bertz CT molecular complexity index is 1610. The summed E-state index contributed by atoms with van der Waals surface area (Å²) in [7, 11) is -4.13. The van der Waals surface area contributed by atoms with Crippen LogP contribution in [0.15, 0.2) is 114 Å². The largest absolute Gasteiger partial charge is 0.354 e. The standard InChI is InChI=1S/C35H38ClN3O4S/c1-3-4-23-37-35(41)33(24-28-11-7-5-8-12-28)38(25-29-17-19-30(36)20-18-29)34(40)26-39(31-21-15-27(2)16-22-31)44(42,43)32-13-9-6-10-14-32/h5-22,33H,3-4,23-26H2,1-2H3,(H,37,41). The molecule has 4 rings (SSSR count). The van der Waals surface area contributed by atoms with E-state index < -0.39 is 28.5 Å². The highest BCUT2D eigenvalue weighted by molar-refractivity contribution is 7.92. The molecule has 4 aromatic rings. The zero-order valence-electron chi connectivity index (χ0n) is 25.0. The van der Waals surface area contributed by atoms with E-state index in [4.69, 9.17) is 11.6 Å². The lowest BCUT2D eigenvalue weighted by Crippen LogP contribution is -2.53. The lowest BCUT2D eigenvalue weighted by molar-refractivity contribution is -0.140. The third-order valence-electron chi connectivity index (χ3n) is 7.30. The molecule has 9 heteroatoms. The van der Waals surface area contributed by atoms with E-state index in [-0.39, 0.29) is 23.8 Å². The van der Waals surface area contributed by atoms with Crippen LogP contribution in [0, 0.1) is 6.92 Å². The molecule has 0 heterocycles. The lowest BCUT2D eigenvalue weighted by atomic mass is 10.0. The van der Waals surface area contributed by atoms with Crippen LogP contribution in [0.1, 0.15) is 36.5 Å². The Morgan fingerprint density at radius 1 is 0.818 bits per heavy atom. The van der Waals surface area contributed by atoms with Crippen molar-refractivity contribution in [2.45, 2.75) is 50.6 Å². The first kappa shape index (κ1) is 32.8. The average molecular weight is 632 g/mol. The quantitative estimate of drug-likeness (QED) is 0.163. The Morgan fingerprint density at radius 2 is 1.43 bits per heavy atom. The van der Waals surface area contributed by atoms with Crippen LogP contribution < -0.4 is 9.62 Å². The first-order valence-electron chi connectivity index (χ1n) is 14.7. The molecule has 0 radical (unpaired) electrons. The van der Waals surface area contributed by atoms with E-state index >= 15 is 0 Å². The van der Waals surface area contributed by atoms with Crippen LogP contribution in [0.5, 0.6) is 0 Å². The van der Waals surface area contributed by atoms with Gasteiger partial charge >= 0.3 is 0 Å². The maximum Gasteiger partial charge on any atom is 0.264 e. The van der Waals surface area contributed by atoms with Crippen molar-refractivity contribution in [3.8, 4) is 0 Å². The van der Waals surface area contributed by atoms with E-state index in [1.807, 2.05) is 44.2 Å². The first-order chi connectivity index (χ1) is 21.2. The number of anilines is 1. The molecule has 2 amide bonds. The molecule has 0 saturated carbocycles. The van der Waals surface area contributed by atoms with Crippen molar-refractivity contribution >= 4 is 39.1 Å². The van der Waals surface area contributed by atoms with Crippen molar-refractivity contribution in [1.29, 1.82) is 0 Å². The van der Waals surface area contributed by atoms with E-state index in [2.05, 4.69) is 5.32 Å². The predicted molar refractivity (Wildman–Crippen MR) is 176 cm³/mol. The molecule has 0 aliphatic carbocycles. The Balaban J connectivity index is 1.77. The van der Waals surface area contributed by atoms with Crippen molar-refractivity contribution in [3.05, 3.63) is 131 Å². The zero-order chi connectivity index (χ0) is 31.5. The van der Waals surface area contributed by atoms with Gasteiger partial charge in [0.25, 0.3) is 10.0 Å². The summed E-state index contributed by atoms with van der Waals surface area (Å²) in [5.74, 6) is -0.802. The van der Waals surface area contributed by atoms with E-state index in [9.17, 15) is 18.0 Å². The molecule has 7 nitrogen and oxygen atoms in total. The smallest absolute Gasteiger partial charge is 0.264 e. The fourth-order valence-electron chi connectivity index (χ4n) is 4.81.